The van der Waals surface area contributed by atoms with Gasteiger partial charge >= 0.3 is 6.61 Å². The number of nitrogens with one attached hydrogen (secondary N) is 1. The number of likely N-dealkylation sites (tertiary alicyclic amines) is 1. The number of nitrogens with two attached hydrogens (primary N) is 1. The molecule has 0 aliphatic carbocycles. The molecule has 1 aliphatic heterocycles. The van der Waals surface area contributed by atoms with Gasteiger partial charge in [-0.15, -0.1) is 0 Å². The van der Waals surface area contributed by atoms with E-state index in [0.29, 0.717) is 19.5 Å². The van der Waals surface area contributed by atoms with E-state index in [9.17, 15) is 23.2 Å². The molecule has 2 rings (SSSR count). The van der Waals surface area contributed by atoms with Crippen LogP contribution < -0.4 is 20.5 Å². The van der Waals surface area contributed by atoms with Crippen LogP contribution >= 0.6 is 0 Å². The number of carbonyl (C=O) groups excluding carboxylic acids is 3. The van der Waals surface area contributed by atoms with Crippen molar-refractivity contribution in [1.29, 1.82) is 0 Å². The number of primary amides is 1. The number of nitrogens with zero attached hydrogens (tertiary/aromatic N) is 1. The van der Waals surface area contributed by atoms with Gasteiger partial charge in [0.15, 0.2) is 11.5 Å². The predicted molar refractivity (Wildman–Crippen MR) is 99.7 cm³/mol. The minimum Gasteiger partial charge on any atom is -0.493 e. The third kappa shape index (κ3) is 6.88. The van der Waals surface area contributed by atoms with Gasteiger partial charge in [0.05, 0.1) is 13.7 Å². The van der Waals surface area contributed by atoms with E-state index in [4.69, 9.17) is 10.5 Å². The third-order valence-corrected chi connectivity index (χ3v) is 4.71. The predicted octanol–water partition coefficient (Wildman–Crippen LogP) is 1.53. The Morgan fingerprint density at radius 3 is 2.72 bits per heavy atom. The zero-order valence-corrected chi connectivity index (χ0v) is 16.2. The first-order valence-corrected chi connectivity index (χ1v) is 9.27. The summed E-state index contributed by atoms with van der Waals surface area (Å²) < 4.78 is 34.0. The molecule has 0 aromatic heterocycles. The molecular formula is C19H25F2N3O5. The Bertz CT molecular complexity index is 745. The van der Waals surface area contributed by atoms with Crippen LogP contribution in [0.5, 0.6) is 11.5 Å². The maximum atomic E-state index is 12.4. The summed E-state index contributed by atoms with van der Waals surface area (Å²) >= 11 is 0. The minimum atomic E-state index is -3.02. The Morgan fingerprint density at radius 1 is 1.31 bits per heavy atom. The summed E-state index contributed by atoms with van der Waals surface area (Å²) in [5.41, 5.74) is 5.32. The molecule has 0 radical (unpaired) electrons. The van der Waals surface area contributed by atoms with Gasteiger partial charge in [-0.3, -0.25) is 14.4 Å². The highest BCUT2D eigenvalue weighted by Crippen LogP contribution is 2.29. The molecule has 8 nitrogen and oxygen atoms in total. The fourth-order valence-electron chi connectivity index (χ4n) is 3.25. The number of hydrogen-bond acceptors (Lipinski definition) is 5. The van der Waals surface area contributed by atoms with Crippen LogP contribution in [0.1, 0.15) is 36.0 Å². The molecule has 3 amide bonds. The Balaban J connectivity index is 1.89. The maximum Gasteiger partial charge on any atom is 0.387 e. The lowest BCUT2D eigenvalue weighted by Gasteiger charge is -2.32. The zero-order valence-electron chi connectivity index (χ0n) is 16.2. The number of ether oxygens (including phenoxy) is 2. The summed E-state index contributed by atoms with van der Waals surface area (Å²) in [7, 11) is 1.27. The van der Waals surface area contributed by atoms with Crippen molar-refractivity contribution in [3.05, 3.63) is 23.8 Å². The van der Waals surface area contributed by atoms with Crippen LogP contribution in [0.15, 0.2) is 18.2 Å². The van der Waals surface area contributed by atoms with E-state index in [2.05, 4.69) is 10.1 Å². The smallest absolute Gasteiger partial charge is 0.387 e. The number of amides is 3. The normalized spacial score (nSPS) is 16.4. The molecule has 0 spiro atoms. The van der Waals surface area contributed by atoms with Gasteiger partial charge in [-0.25, -0.2) is 0 Å². The topological polar surface area (TPSA) is 111 Å². The van der Waals surface area contributed by atoms with Crippen molar-refractivity contribution in [1.82, 2.24) is 10.2 Å². The van der Waals surface area contributed by atoms with Crippen molar-refractivity contribution in [2.45, 2.75) is 32.3 Å². The average Bonchev–Trinajstić information content (AvgIpc) is 2.70. The van der Waals surface area contributed by atoms with Gasteiger partial charge in [-0.2, -0.15) is 8.78 Å². The number of rotatable bonds is 9. The largest absolute Gasteiger partial charge is 0.493 e. The highest BCUT2D eigenvalue weighted by Gasteiger charge is 2.24. The molecule has 160 valence electrons. The SMILES string of the molecule is COc1cc(C(=O)NCC(=O)N2CCCC(CCC(N)=O)C2)ccc1OC(F)F. The molecule has 1 fully saturated rings. The van der Waals surface area contributed by atoms with Crippen molar-refractivity contribution in [3.8, 4) is 11.5 Å². The number of methoxy groups -OCH3 is 1. The highest BCUT2D eigenvalue weighted by atomic mass is 19.3. The lowest BCUT2D eigenvalue weighted by Crippen LogP contribution is -2.45. The average molecular weight is 413 g/mol. The second kappa shape index (κ2) is 10.6. The summed E-state index contributed by atoms with van der Waals surface area (Å²) in [5, 5.41) is 2.52. The van der Waals surface area contributed by atoms with Gasteiger partial charge in [-0.1, -0.05) is 0 Å². The van der Waals surface area contributed by atoms with Gasteiger partial charge < -0.3 is 25.4 Å². The fourth-order valence-corrected chi connectivity index (χ4v) is 3.25. The van der Waals surface area contributed by atoms with E-state index in [1.54, 1.807) is 4.90 Å². The lowest BCUT2D eigenvalue weighted by molar-refractivity contribution is -0.131. The maximum absolute atomic E-state index is 12.4. The molecule has 0 saturated carbocycles. The van der Waals surface area contributed by atoms with Crippen LogP contribution in [0, 0.1) is 5.92 Å². The second-order valence-electron chi connectivity index (χ2n) is 6.78. The number of alkyl halides is 2. The fraction of sp³-hybridized carbons (Fsp3) is 0.526. The summed E-state index contributed by atoms with van der Waals surface area (Å²) in [6, 6.07) is 3.77. The van der Waals surface area contributed by atoms with Gasteiger partial charge in [0.25, 0.3) is 5.91 Å². The van der Waals surface area contributed by atoms with Crippen LogP contribution in [0.4, 0.5) is 8.78 Å². The van der Waals surface area contributed by atoms with Crippen LogP contribution in [-0.4, -0.2) is 56.0 Å². The van der Waals surface area contributed by atoms with Crippen molar-refractivity contribution >= 4 is 17.7 Å². The number of hydrogen-bond donors (Lipinski definition) is 2. The van der Waals surface area contributed by atoms with E-state index in [1.165, 1.54) is 25.3 Å². The summed E-state index contributed by atoms with van der Waals surface area (Å²) in [6.07, 6.45) is 2.68. The quantitative estimate of drug-likeness (QED) is 0.638. The molecule has 29 heavy (non-hydrogen) atoms. The molecule has 10 heteroatoms. The Kier molecular flexibility index (Phi) is 8.17. The van der Waals surface area contributed by atoms with E-state index < -0.39 is 12.5 Å². The molecular weight excluding hydrogens is 388 g/mol. The Morgan fingerprint density at radius 2 is 2.07 bits per heavy atom. The van der Waals surface area contributed by atoms with Gasteiger partial charge in [-0.05, 0) is 43.4 Å². The molecule has 1 atom stereocenters. The first kappa shape index (κ1) is 22.4. The minimum absolute atomic E-state index is 0.0161. The monoisotopic (exact) mass is 413 g/mol. The van der Waals surface area contributed by atoms with Crippen molar-refractivity contribution in [2.75, 3.05) is 26.7 Å². The van der Waals surface area contributed by atoms with E-state index >= 15 is 0 Å². The summed E-state index contributed by atoms with van der Waals surface area (Å²) in [5.74, 6) is -1.12. The number of piperidine rings is 1. The van der Waals surface area contributed by atoms with E-state index in [-0.39, 0.29) is 47.8 Å². The number of benzene rings is 1. The molecule has 1 aliphatic rings. The molecule has 3 N–H and O–H groups in total. The molecule has 1 unspecified atom stereocenters. The summed E-state index contributed by atoms with van der Waals surface area (Å²) in [4.78, 5) is 37.3. The highest BCUT2D eigenvalue weighted by molar-refractivity contribution is 5.97. The van der Waals surface area contributed by atoms with E-state index in [1.807, 2.05) is 0 Å². The number of halogens is 2. The van der Waals surface area contributed by atoms with E-state index in [0.717, 1.165) is 12.8 Å². The number of carbonyl (C=O) groups is 3. The standard InChI is InChI=1S/C19H25F2N3O5/c1-28-15-9-13(5-6-14(15)29-19(20)21)18(27)23-10-17(26)24-8-2-3-12(11-24)4-7-16(22)25/h5-6,9,12,19H,2-4,7-8,10-11H2,1H3,(H2,22,25)(H,23,27). The first-order valence-electron chi connectivity index (χ1n) is 9.27. The third-order valence-electron chi connectivity index (χ3n) is 4.71. The van der Waals surface area contributed by atoms with Crippen LogP contribution in [-0.2, 0) is 9.59 Å². The molecule has 1 aromatic rings. The van der Waals surface area contributed by atoms with Gasteiger partial charge in [0, 0.05) is 25.1 Å². The Labute approximate surface area is 167 Å². The lowest BCUT2D eigenvalue weighted by atomic mass is 9.93. The molecule has 1 heterocycles. The van der Waals surface area contributed by atoms with Crippen molar-refractivity contribution in [3.63, 3.8) is 0 Å². The molecule has 0 bridgehead atoms. The molecule has 1 saturated heterocycles. The zero-order chi connectivity index (χ0) is 21.4. The first-order chi connectivity index (χ1) is 13.8. The van der Waals surface area contributed by atoms with Crippen molar-refractivity contribution < 1.29 is 32.6 Å². The van der Waals surface area contributed by atoms with Crippen molar-refractivity contribution in [2.24, 2.45) is 11.7 Å². The van der Waals surface area contributed by atoms with Crippen LogP contribution in [0.25, 0.3) is 0 Å². The summed E-state index contributed by atoms with van der Waals surface area (Å²) in [6.45, 7) is -2.10. The second-order valence-corrected chi connectivity index (χ2v) is 6.78. The van der Waals surface area contributed by atoms with Gasteiger partial charge in [0.2, 0.25) is 11.8 Å². The van der Waals surface area contributed by atoms with Crippen LogP contribution in [0.3, 0.4) is 0 Å². The van der Waals surface area contributed by atoms with Gasteiger partial charge in [0.1, 0.15) is 0 Å². The Hall–Kier alpha value is -2.91. The van der Waals surface area contributed by atoms with Crippen LogP contribution in [0.2, 0.25) is 0 Å². The molecule has 1 aromatic carbocycles.